The number of hydrogen-bond donors (Lipinski definition) is 0. The Morgan fingerprint density at radius 3 is 3.11 bits per heavy atom. The molecule has 1 amide bonds. The normalized spacial score (nSPS) is 18.6. The van der Waals surface area contributed by atoms with Crippen LogP contribution in [0.25, 0.3) is 0 Å². The highest BCUT2D eigenvalue weighted by Gasteiger charge is 2.28. The Kier molecular flexibility index (Phi) is 5.25. The summed E-state index contributed by atoms with van der Waals surface area (Å²) in [5.41, 5.74) is 0.727. The molecule has 1 unspecified atom stereocenters. The van der Waals surface area contributed by atoms with Crippen LogP contribution in [0.5, 0.6) is 5.75 Å². The predicted molar refractivity (Wildman–Crippen MR) is 80.1 cm³/mol. The van der Waals surface area contributed by atoms with Crippen LogP contribution < -0.4 is 4.74 Å². The maximum Gasteiger partial charge on any atom is 0.254 e. The van der Waals surface area contributed by atoms with Crippen LogP contribution in [0, 0.1) is 0 Å². The average molecular weight is 326 g/mol. The molecule has 1 fully saturated rings. The molecule has 0 N–H and O–H groups in total. The zero-order chi connectivity index (χ0) is 13.7. The lowest BCUT2D eigenvalue weighted by Gasteiger charge is -2.24. The van der Waals surface area contributed by atoms with Crippen molar-refractivity contribution in [3.63, 3.8) is 0 Å². The number of alkyl halides is 1. The van der Waals surface area contributed by atoms with Crippen molar-refractivity contribution in [1.29, 1.82) is 0 Å². The first-order valence-corrected chi connectivity index (χ1v) is 7.89. The first-order valence-electron chi connectivity index (χ1n) is 6.77. The van der Waals surface area contributed by atoms with Crippen LogP contribution in [0.2, 0.25) is 0 Å². The van der Waals surface area contributed by atoms with E-state index in [1.165, 1.54) is 0 Å². The van der Waals surface area contributed by atoms with Crippen molar-refractivity contribution in [3.8, 4) is 5.75 Å². The van der Waals surface area contributed by atoms with Crippen LogP contribution in [0.4, 0.5) is 0 Å². The van der Waals surface area contributed by atoms with Crippen molar-refractivity contribution in [2.45, 2.75) is 31.7 Å². The number of likely N-dealkylation sites (tertiary alicyclic amines) is 1. The molecule has 0 aliphatic carbocycles. The number of methoxy groups -OCH3 is 1. The quantitative estimate of drug-likeness (QED) is 0.776. The van der Waals surface area contributed by atoms with Gasteiger partial charge in [-0.15, -0.1) is 0 Å². The third-order valence-electron chi connectivity index (χ3n) is 3.63. The summed E-state index contributed by atoms with van der Waals surface area (Å²) in [6.07, 6.45) is 4.44. The summed E-state index contributed by atoms with van der Waals surface area (Å²) < 4.78 is 5.18. The van der Waals surface area contributed by atoms with E-state index < -0.39 is 0 Å². The monoisotopic (exact) mass is 325 g/mol. The minimum Gasteiger partial charge on any atom is -0.497 e. The maximum absolute atomic E-state index is 12.5. The first-order chi connectivity index (χ1) is 9.26. The molecule has 1 aromatic carbocycles. The van der Waals surface area contributed by atoms with E-state index in [9.17, 15) is 4.79 Å². The molecular formula is C15H20BrNO2. The van der Waals surface area contributed by atoms with Gasteiger partial charge in [-0.25, -0.2) is 0 Å². The molecule has 19 heavy (non-hydrogen) atoms. The van der Waals surface area contributed by atoms with Crippen molar-refractivity contribution >= 4 is 21.8 Å². The number of amides is 1. The van der Waals surface area contributed by atoms with Gasteiger partial charge in [0.15, 0.2) is 0 Å². The van der Waals surface area contributed by atoms with E-state index in [0.29, 0.717) is 6.04 Å². The Morgan fingerprint density at radius 2 is 2.37 bits per heavy atom. The van der Waals surface area contributed by atoms with Gasteiger partial charge in [0.1, 0.15) is 5.75 Å². The second-order valence-corrected chi connectivity index (χ2v) is 5.65. The zero-order valence-corrected chi connectivity index (χ0v) is 12.9. The fourth-order valence-corrected chi connectivity index (χ4v) is 2.96. The number of carbonyl (C=O) groups excluding carboxylic acids is 1. The van der Waals surface area contributed by atoms with Crippen LogP contribution in [0.15, 0.2) is 24.3 Å². The lowest BCUT2D eigenvalue weighted by Crippen LogP contribution is -2.35. The smallest absolute Gasteiger partial charge is 0.254 e. The second kappa shape index (κ2) is 6.94. The number of hydrogen-bond acceptors (Lipinski definition) is 2. The SMILES string of the molecule is COc1cccc(C(=O)N2CCCC2CCCBr)c1. The van der Waals surface area contributed by atoms with E-state index in [1.54, 1.807) is 7.11 Å². The van der Waals surface area contributed by atoms with Crippen molar-refractivity contribution < 1.29 is 9.53 Å². The van der Waals surface area contributed by atoms with Gasteiger partial charge < -0.3 is 9.64 Å². The van der Waals surface area contributed by atoms with Gasteiger partial charge in [-0.05, 0) is 43.9 Å². The Labute approximate surface area is 123 Å². The molecule has 1 atom stereocenters. The highest BCUT2D eigenvalue weighted by atomic mass is 79.9. The molecule has 0 spiro atoms. The Bertz CT molecular complexity index is 436. The highest BCUT2D eigenvalue weighted by molar-refractivity contribution is 9.09. The fraction of sp³-hybridized carbons (Fsp3) is 0.533. The topological polar surface area (TPSA) is 29.5 Å². The summed E-state index contributed by atoms with van der Waals surface area (Å²) in [7, 11) is 1.62. The molecule has 3 nitrogen and oxygen atoms in total. The summed E-state index contributed by atoms with van der Waals surface area (Å²) in [6.45, 7) is 0.878. The number of ether oxygens (including phenoxy) is 1. The lowest BCUT2D eigenvalue weighted by molar-refractivity contribution is 0.0730. The molecule has 1 aliphatic rings. The number of nitrogens with zero attached hydrogens (tertiary/aromatic N) is 1. The maximum atomic E-state index is 12.5. The largest absolute Gasteiger partial charge is 0.497 e. The molecular weight excluding hydrogens is 306 g/mol. The molecule has 0 bridgehead atoms. The Hall–Kier alpha value is -1.03. The molecule has 1 saturated heterocycles. The van der Waals surface area contributed by atoms with Gasteiger partial charge >= 0.3 is 0 Å². The zero-order valence-electron chi connectivity index (χ0n) is 11.3. The molecule has 2 rings (SSSR count). The van der Waals surface area contributed by atoms with Gasteiger partial charge in [0.25, 0.3) is 5.91 Å². The molecule has 4 heteroatoms. The molecule has 1 heterocycles. The molecule has 0 aromatic heterocycles. The van der Waals surface area contributed by atoms with Gasteiger partial charge in [0, 0.05) is 23.5 Å². The summed E-state index contributed by atoms with van der Waals surface area (Å²) in [5, 5.41) is 1.00. The third-order valence-corrected chi connectivity index (χ3v) is 4.19. The van der Waals surface area contributed by atoms with Crippen LogP contribution in [-0.2, 0) is 0 Å². The van der Waals surface area contributed by atoms with Gasteiger partial charge in [0.05, 0.1) is 7.11 Å². The van der Waals surface area contributed by atoms with E-state index in [0.717, 1.165) is 48.9 Å². The van der Waals surface area contributed by atoms with Gasteiger partial charge in [-0.2, -0.15) is 0 Å². The summed E-state index contributed by atoms with van der Waals surface area (Å²) in [6, 6.07) is 7.82. The van der Waals surface area contributed by atoms with Gasteiger partial charge in [-0.1, -0.05) is 22.0 Å². The summed E-state index contributed by atoms with van der Waals surface area (Å²) in [5.74, 6) is 0.873. The van der Waals surface area contributed by atoms with E-state index in [1.807, 2.05) is 29.2 Å². The number of halogens is 1. The summed E-state index contributed by atoms with van der Waals surface area (Å²) >= 11 is 3.46. The van der Waals surface area contributed by atoms with E-state index in [2.05, 4.69) is 15.9 Å². The van der Waals surface area contributed by atoms with Crippen LogP contribution >= 0.6 is 15.9 Å². The van der Waals surface area contributed by atoms with E-state index in [-0.39, 0.29) is 5.91 Å². The minimum atomic E-state index is 0.135. The molecule has 0 saturated carbocycles. The standard InChI is InChI=1S/C15H20BrNO2/c1-19-14-8-2-5-12(11-14)15(18)17-10-4-7-13(17)6-3-9-16/h2,5,8,11,13H,3-4,6-7,9-10H2,1H3. The second-order valence-electron chi connectivity index (χ2n) is 4.86. The number of carbonyl (C=O) groups is 1. The van der Waals surface area contributed by atoms with Crippen LogP contribution in [0.3, 0.4) is 0 Å². The Morgan fingerprint density at radius 1 is 1.53 bits per heavy atom. The molecule has 1 aliphatic heterocycles. The molecule has 104 valence electrons. The summed E-state index contributed by atoms with van der Waals surface area (Å²) in [4.78, 5) is 14.6. The highest BCUT2D eigenvalue weighted by Crippen LogP contribution is 2.25. The van der Waals surface area contributed by atoms with Crippen molar-refractivity contribution in [1.82, 2.24) is 4.90 Å². The fourth-order valence-electron chi connectivity index (χ4n) is 2.64. The lowest BCUT2D eigenvalue weighted by atomic mass is 10.1. The van der Waals surface area contributed by atoms with Crippen LogP contribution in [-0.4, -0.2) is 35.8 Å². The minimum absolute atomic E-state index is 0.135. The third kappa shape index (κ3) is 3.50. The van der Waals surface area contributed by atoms with E-state index >= 15 is 0 Å². The van der Waals surface area contributed by atoms with Gasteiger partial charge in [0.2, 0.25) is 0 Å². The Balaban J connectivity index is 2.09. The average Bonchev–Trinajstić information content (AvgIpc) is 2.92. The molecule has 0 radical (unpaired) electrons. The van der Waals surface area contributed by atoms with Gasteiger partial charge in [-0.3, -0.25) is 4.79 Å². The predicted octanol–water partition coefficient (Wildman–Crippen LogP) is 3.47. The number of rotatable bonds is 5. The van der Waals surface area contributed by atoms with E-state index in [4.69, 9.17) is 4.74 Å². The molecule has 1 aromatic rings. The van der Waals surface area contributed by atoms with Crippen LogP contribution in [0.1, 0.15) is 36.0 Å². The first kappa shape index (κ1) is 14.4. The number of benzene rings is 1. The van der Waals surface area contributed by atoms with Crippen molar-refractivity contribution in [3.05, 3.63) is 29.8 Å². The van der Waals surface area contributed by atoms with Crippen molar-refractivity contribution in [2.24, 2.45) is 0 Å². The van der Waals surface area contributed by atoms with Crippen molar-refractivity contribution in [2.75, 3.05) is 19.0 Å².